The van der Waals surface area contributed by atoms with Crippen molar-refractivity contribution in [3.8, 4) is 0 Å². The molecule has 0 heterocycles. The molecule has 3 aromatic rings. The fraction of sp³-hybridized carbons (Fsp3) is 0. The minimum atomic E-state index is -1.09. The summed E-state index contributed by atoms with van der Waals surface area (Å²) < 4.78 is 0. The Balaban J connectivity index is 1.87. The minimum Gasteiger partial charge on any atom is -0.478 e. The number of para-hydroxylation sites is 1. The van der Waals surface area contributed by atoms with Crippen LogP contribution in [0.4, 0.5) is 17.1 Å². The summed E-state index contributed by atoms with van der Waals surface area (Å²) in [6.07, 6.45) is 0. The number of hydrogen-bond acceptors (Lipinski definition) is 5. The van der Waals surface area contributed by atoms with Crippen molar-refractivity contribution in [3.05, 3.63) is 88.5 Å². The van der Waals surface area contributed by atoms with E-state index in [1.165, 1.54) is 6.07 Å². The van der Waals surface area contributed by atoms with Gasteiger partial charge in [0.05, 0.1) is 28.1 Å². The Morgan fingerprint density at radius 2 is 1.37 bits per heavy atom. The number of aromatic carboxylic acids is 1. The van der Waals surface area contributed by atoms with Crippen LogP contribution in [0.2, 0.25) is 0 Å². The maximum absolute atomic E-state index is 13.1. The van der Waals surface area contributed by atoms with Crippen molar-refractivity contribution in [1.82, 2.24) is 0 Å². The van der Waals surface area contributed by atoms with Crippen LogP contribution in [-0.2, 0) is 0 Å². The van der Waals surface area contributed by atoms with Gasteiger partial charge in [0.1, 0.15) is 0 Å². The lowest BCUT2D eigenvalue weighted by Gasteiger charge is -2.22. The van der Waals surface area contributed by atoms with Crippen LogP contribution < -0.4 is 11.1 Å². The van der Waals surface area contributed by atoms with E-state index < -0.39 is 5.97 Å². The fourth-order valence-corrected chi connectivity index (χ4v) is 3.30. The number of benzene rings is 3. The summed E-state index contributed by atoms with van der Waals surface area (Å²) in [4.78, 5) is 37.4. The Morgan fingerprint density at radius 1 is 0.778 bits per heavy atom. The highest BCUT2D eigenvalue weighted by molar-refractivity contribution is 6.31. The van der Waals surface area contributed by atoms with Crippen molar-refractivity contribution < 1.29 is 19.5 Å². The van der Waals surface area contributed by atoms with E-state index in [2.05, 4.69) is 5.32 Å². The first-order chi connectivity index (χ1) is 13.0. The summed E-state index contributed by atoms with van der Waals surface area (Å²) in [6.45, 7) is 0. The molecule has 0 fully saturated rings. The Kier molecular flexibility index (Phi) is 3.74. The fourth-order valence-electron chi connectivity index (χ4n) is 3.30. The molecule has 132 valence electrons. The van der Waals surface area contributed by atoms with Gasteiger partial charge >= 0.3 is 5.97 Å². The maximum Gasteiger partial charge on any atom is 0.337 e. The third-order valence-corrected chi connectivity index (χ3v) is 4.53. The first-order valence-electron chi connectivity index (χ1n) is 8.19. The van der Waals surface area contributed by atoms with Gasteiger partial charge in [-0.2, -0.15) is 0 Å². The van der Waals surface area contributed by atoms with Crippen LogP contribution in [-0.4, -0.2) is 22.6 Å². The van der Waals surface area contributed by atoms with Crippen LogP contribution in [0.3, 0.4) is 0 Å². The van der Waals surface area contributed by atoms with Crippen LogP contribution in [0.25, 0.3) is 0 Å². The van der Waals surface area contributed by atoms with Crippen LogP contribution in [0.5, 0.6) is 0 Å². The average Bonchev–Trinajstić information content (AvgIpc) is 2.66. The van der Waals surface area contributed by atoms with Gasteiger partial charge in [0.2, 0.25) is 0 Å². The second-order valence-electron chi connectivity index (χ2n) is 6.13. The van der Waals surface area contributed by atoms with E-state index in [1.54, 1.807) is 54.6 Å². The monoisotopic (exact) mass is 358 g/mol. The molecule has 0 spiro atoms. The second-order valence-corrected chi connectivity index (χ2v) is 6.13. The lowest BCUT2D eigenvalue weighted by molar-refractivity contribution is 0.0697. The van der Waals surface area contributed by atoms with Crippen molar-refractivity contribution in [1.29, 1.82) is 0 Å². The van der Waals surface area contributed by atoms with Crippen LogP contribution >= 0.6 is 0 Å². The molecule has 6 heteroatoms. The minimum absolute atomic E-state index is 0.0642. The highest BCUT2D eigenvalue weighted by atomic mass is 16.4. The largest absolute Gasteiger partial charge is 0.478 e. The molecule has 0 amide bonds. The molecule has 27 heavy (non-hydrogen) atoms. The first-order valence-corrected chi connectivity index (χ1v) is 8.19. The highest BCUT2D eigenvalue weighted by Gasteiger charge is 2.33. The molecule has 0 aromatic heterocycles. The van der Waals surface area contributed by atoms with Gasteiger partial charge in [-0.1, -0.05) is 36.4 Å². The molecule has 6 nitrogen and oxygen atoms in total. The van der Waals surface area contributed by atoms with E-state index in [4.69, 9.17) is 5.73 Å². The lowest BCUT2D eigenvalue weighted by Crippen LogP contribution is -2.23. The van der Waals surface area contributed by atoms with Crippen molar-refractivity contribution in [2.75, 3.05) is 11.1 Å². The molecular weight excluding hydrogens is 344 g/mol. The average molecular weight is 358 g/mol. The topological polar surface area (TPSA) is 109 Å². The Bertz CT molecular complexity index is 1130. The normalized spacial score (nSPS) is 12.3. The van der Waals surface area contributed by atoms with Gasteiger partial charge in [0.25, 0.3) is 0 Å². The zero-order valence-electron chi connectivity index (χ0n) is 14.0. The summed E-state index contributed by atoms with van der Waals surface area (Å²) >= 11 is 0. The third kappa shape index (κ3) is 2.55. The number of rotatable bonds is 3. The number of carboxylic acids is 1. The number of carbonyl (C=O) groups excluding carboxylic acids is 2. The Morgan fingerprint density at radius 3 is 2.11 bits per heavy atom. The molecule has 4 N–H and O–H groups in total. The molecule has 0 radical (unpaired) electrons. The van der Waals surface area contributed by atoms with E-state index in [-0.39, 0.29) is 45.1 Å². The zero-order chi connectivity index (χ0) is 19.1. The van der Waals surface area contributed by atoms with Crippen molar-refractivity contribution in [2.45, 2.75) is 0 Å². The van der Waals surface area contributed by atoms with Crippen LogP contribution in [0, 0.1) is 0 Å². The summed E-state index contributed by atoms with van der Waals surface area (Å²) in [7, 11) is 0. The predicted molar refractivity (Wildman–Crippen MR) is 101 cm³/mol. The van der Waals surface area contributed by atoms with E-state index in [0.717, 1.165) is 0 Å². The van der Waals surface area contributed by atoms with Crippen LogP contribution in [0.15, 0.2) is 60.7 Å². The van der Waals surface area contributed by atoms with Crippen molar-refractivity contribution >= 4 is 34.6 Å². The molecule has 0 atom stereocenters. The Labute approximate surface area is 154 Å². The number of nitrogen functional groups attached to an aromatic ring is 1. The summed E-state index contributed by atoms with van der Waals surface area (Å²) in [5.74, 6) is -1.75. The van der Waals surface area contributed by atoms with Crippen LogP contribution in [0.1, 0.15) is 42.2 Å². The molecule has 1 aliphatic carbocycles. The maximum atomic E-state index is 13.1. The molecule has 0 saturated carbocycles. The third-order valence-electron chi connectivity index (χ3n) is 4.53. The van der Waals surface area contributed by atoms with E-state index in [9.17, 15) is 19.5 Å². The number of ketones is 2. The Hall–Kier alpha value is -3.93. The predicted octanol–water partition coefficient (Wildman–Crippen LogP) is 3.49. The van der Waals surface area contributed by atoms with E-state index in [1.807, 2.05) is 0 Å². The van der Waals surface area contributed by atoms with Gasteiger partial charge in [0.15, 0.2) is 11.6 Å². The van der Waals surface area contributed by atoms with E-state index in [0.29, 0.717) is 11.4 Å². The highest BCUT2D eigenvalue weighted by Crippen LogP contribution is 2.35. The van der Waals surface area contributed by atoms with Crippen molar-refractivity contribution in [2.24, 2.45) is 0 Å². The molecule has 0 saturated heterocycles. The van der Waals surface area contributed by atoms with E-state index >= 15 is 0 Å². The van der Waals surface area contributed by atoms with Gasteiger partial charge in [0, 0.05) is 16.8 Å². The number of fused-ring (bicyclic) bond motifs is 2. The first kappa shape index (κ1) is 16.5. The zero-order valence-corrected chi connectivity index (χ0v) is 14.0. The SMILES string of the molecule is Nc1cccc2c1C(=O)c1cccc(Nc3ccccc3C(=O)O)c1C2=O. The van der Waals surface area contributed by atoms with Gasteiger partial charge in [-0.3, -0.25) is 9.59 Å². The van der Waals surface area contributed by atoms with Crippen molar-refractivity contribution in [3.63, 3.8) is 0 Å². The second kappa shape index (κ2) is 6.10. The lowest BCUT2D eigenvalue weighted by atomic mass is 9.82. The number of nitrogens with one attached hydrogen (secondary N) is 1. The number of hydrogen-bond donors (Lipinski definition) is 3. The number of carbonyl (C=O) groups is 3. The number of anilines is 3. The van der Waals surface area contributed by atoms with Gasteiger partial charge in [-0.25, -0.2) is 4.79 Å². The molecule has 1 aliphatic rings. The quantitative estimate of drug-likeness (QED) is 0.484. The van der Waals surface area contributed by atoms with Gasteiger partial charge in [-0.15, -0.1) is 0 Å². The molecule has 4 rings (SSSR count). The smallest absolute Gasteiger partial charge is 0.337 e. The number of carboxylic acid groups (broad SMARTS) is 1. The molecule has 0 aliphatic heterocycles. The molecule has 3 aromatic carbocycles. The molecular formula is C21H14N2O4. The standard InChI is InChI=1S/C21H14N2O4/c22-14-8-3-6-12-17(14)19(24)13-7-4-10-16(18(13)20(12)25)23-15-9-2-1-5-11(15)21(26)27/h1-10,23H,22H2,(H,26,27). The molecule has 0 unspecified atom stereocenters. The summed E-state index contributed by atoms with van der Waals surface area (Å²) in [6, 6.07) is 16.0. The molecule has 0 bridgehead atoms. The summed E-state index contributed by atoms with van der Waals surface area (Å²) in [5.41, 5.74) is 7.83. The van der Waals surface area contributed by atoms with Gasteiger partial charge in [-0.05, 0) is 24.3 Å². The van der Waals surface area contributed by atoms with Gasteiger partial charge < -0.3 is 16.2 Å². The number of nitrogens with two attached hydrogens (primary N) is 1. The summed E-state index contributed by atoms with van der Waals surface area (Å²) in [5, 5.41) is 12.4.